The molecule has 6 rings (SSSR count). The summed E-state index contributed by atoms with van der Waals surface area (Å²) in [5.41, 5.74) is 2.07. The highest BCUT2D eigenvalue weighted by atomic mass is 16.5. The van der Waals surface area contributed by atoms with Crippen LogP contribution in [0.2, 0.25) is 0 Å². The van der Waals surface area contributed by atoms with Crippen LogP contribution in [0.5, 0.6) is 17.5 Å². The summed E-state index contributed by atoms with van der Waals surface area (Å²) in [4.78, 5) is 15.8. The summed E-state index contributed by atoms with van der Waals surface area (Å²) in [6, 6.07) is 6.15. The number of fused-ring (bicyclic) bond motifs is 2. The van der Waals surface area contributed by atoms with Crippen molar-refractivity contribution in [3.63, 3.8) is 0 Å². The van der Waals surface area contributed by atoms with Gasteiger partial charge in [-0.15, -0.1) is 10.2 Å². The van der Waals surface area contributed by atoms with E-state index in [1.54, 1.807) is 18.3 Å². The lowest BCUT2D eigenvalue weighted by atomic mass is 9.69. The Hall–Kier alpha value is -3.53. The van der Waals surface area contributed by atoms with Gasteiger partial charge in [-0.05, 0) is 70.9 Å². The molecule has 2 N–H and O–H groups in total. The molecule has 0 unspecified atom stereocenters. The SMILES string of the molecule is COc1ncc(-c2ccc(-c3ncc(N(C4CC4)[C@H]4C[C@]5(C)CCC[C@](C)(C4)N5)nn3)c(O)c2)nc1OC. The van der Waals surface area contributed by atoms with Gasteiger partial charge in [0.25, 0.3) is 11.8 Å². The fourth-order valence-electron chi connectivity index (χ4n) is 6.53. The van der Waals surface area contributed by atoms with Gasteiger partial charge >= 0.3 is 0 Å². The van der Waals surface area contributed by atoms with Crippen molar-refractivity contribution in [1.29, 1.82) is 0 Å². The van der Waals surface area contributed by atoms with E-state index in [0.717, 1.165) is 18.7 Å². The highest BCUT2D eigenvalue weighted by molar-refractivity contribution is 5.71. The van der Waals surface area contributed by atoms with E-state index in [4.69, 9.17) is 9.47 Å². The minimum absolute atomic E-state index is 0.0414. The zero-order valence-corrected chi connectivity index (χ0v) is 22.4. The van der Waals surface area contributed by atoms with Crippen molar-refractivity contribution in [2.24, 2.45) is 0 Å². The summed E-state index contributed by atoms with van der Waals surface area (Å²) < 4.78 is 10.4. The van der Waals surface area contributed by atoms with Gasteiger partial charge in [0.15, 0.2) is 11.6 Å². The lowest BCUT2D eigenvalue weighted by Crippen LogP contribution is -2.67. The first-order chi connectivity index (χ1) is 18.3. The third kappa shape index (κ3) is 4.62. The molecule has 10 heteroatoms. The molecular weight excluding hydrogens is 482 g/mol. The summed E-state index contributed by atoms with van der Waals surface area (Å²) >= 11 is 0. The van der Waals surface area contributed by atoms with Gasteiger partial charge < -0.3 is 24.8 Å². The standard InChI is InChI=1S/C28H35N7O3/c1-27-10-5-11-28(2,34-27)14-19(13-27)35(18-7-8-18)23-16-29-24(33-32-23)20-9-6-17(12-22(20)36)21-15-30-25(37-3)26(31-21)38-4/h6,9,12,15-16,18-19,34,36H,5,7-8,10-11,13-14H2,1-4H3/t19-,27-,28+. The summed E-state index contributed by atoms with van der Waals surface area (Å²) in [5, 5.41) is 23.8. The number of anilines is 1. The molecule has 4 heterocycles. The maximum Gasteiger partial charge on any atom is 0.278 e. The zero-order valence-electron chi connectivity index (χ0n) is 22.4. The number of hydrogen-bond donors (Lipinski definition) is 2. The third-order valence-corrected chi connectivity index (χ3v) is 8.21. The topological polar surface area (TPSA) is 118 Å². The molecule has 1 aromatic carbocycles. The Bertz CT molecular complexity index is 1310. The average molecular weight is 518 g/mol. The Labute approximate surface area is 222 Å². The van der Waals surface area contributed by atoms with E-state index >= 15 is 0 Å². The van der Waals surface area contributed by atoms with Crippen molar-refractivity contribution in [2.75, 3.05) is 19.1 Å². The number of nitrogens with zero attached hydrogens (tertiary/aromatic N) is 6. The number of rotatable bonds is 7. The first-order valence-electron chi connectivity index (χ1n) is 13.4. The number of piperidine rings is 2. The molecule has 0 amide bonds. The molecule has 3 aromatic rings. The van der Waals surface area contributed by atoms with Crippen LogP contribution in [0.1, 0.15) is 58.8 Å². The molecule has 0 spiro atoms. The van der Waals surface area contributed by atoms with Crippen LogP contribution in [-0.4, -0.2) is 67.6 Å². The Balaban J connectivity index is 1.25. The van der Waals surface area contributed by atoms with E-state index < -0.39 is 0 Å². The zero-order chi connectivity index (χ0) is 26.5. The number of hydrogen-bond acceptors (Lipinski definition) is 10. The first kappa shape index (κ1) is 24.8. The van der Waals surface area contributed by atoms with Gasteiger partial charge in [0.1, 0.15) is 5.75 Å². The van der Waals surface area contributed by atoms with Gasteiger partial charge in [0, 0.05) is 28.7 Å². The van der Waals surface area contributed by atoms with Crippen LogP contribution in [0.4, 0.5) is 5.82 Å². The van der Waals surface area contributed by atoms with Gasteiger partial charge in [0.05, 0.1) is 37.9 Å². The van der Waals surface area contributed by atoms with Gasteiger partial charge in [0.2, 0.25) is 0 Å². The smallest absolute Gasteiger partial charge is 0.278 e. The molecule has 38 heavy (non-hydrogen) atoms. The second kappa shape index (κ2) is 9.34. The van der Waals surface area contributed by atoms with Gasteiger partial charge in [-0.1, -0.05) is 6.07 Å². The lowest BCUT2D eigenvalue weighted by molar-refractivity contribution is 0.0766. The van der Waals surface area contributed by atoms with E-state index in [9.17, 15) is 5.11 Å². The summed E-state index contributed by atoms with van der Waals surface area (Å²) in [6.45, 7) is 4.74. The van der Waals surface area contributed by atoms with Crippen molar-refractivity contribution >= 4 is 5.82 Å². The van der Waals surface area contributed by atoms with Crippen LogP contribution in [0.15, 0.2) is 30.6 Å². The molecule has 1 saturated carbocycles. The van der Waals surface area contributed by atoms with Crippen molar-refractivity contribution in [3.8, 4) is 40.2 Å². The molecule has 3 aliphatic rings. The number of phenols is 1. The molecule has 2 bridgehead atoms. The molecule has 2 aliphatic heterocycles. The monoisotopic (exact) mass is 517 g/mol. The quantitative estimate of drug-likeness (QED) is 0.473. The van der Waals surface area contributed by atoms with Crippen molar-refractivity contribution < 1.29 is 14.6 Å². The minimum atomic E-state index is 0.0414. The maximum absolute atomic E-state index is 10.8. The molecule has 1 aliphatic carbocycles. The maximum atomic E-state index is 10.8. The van der Waals surface area contributed by atoms with Crippen LogP contribution in [0, 0.1) is 0 Å². The number of nitrogens with one attached hydrogen (secondary N) is 1. The van der Waals surface area contributed by atoms with E-state index in [-0.39, 0.29) is 22.7 Å². The van der Waals surface area contributed by atoms with Crippen LogP contribution in [0.3, 0.4) is 0 Å². The molecule has 3 fully saturated rings. The van der Waals surface area contributed by atoms with E-state index in [0.29, 0.717) is 40.6 Å². The van der Waals surface area contributed by atoms with E-state index in [1.807, 2.05) is 12.3 Å². The molecule has 10 nitrogen and oxygen atoms in total. The van der Waals surface area contributed by atoms with E-state index in [1.165, 1.54) is 46.3 Å². The third-order valence-electron chi connectivity index (χ3n) is 8.21. The average Bonchev–Trinajstić information content (AvgIpc) is 3.73. The minimum Gasteiger partial charge on any atom is -0.507 e. The van der Waals surface area contributed by atoms with Crippen LogP contribution >= 0.6 is 0 Å². The van der Waals surface area contributed by atoms with E-state index in [2.05, 4.69) is 49.2 Å². The molecule has 2 aromatic heterocycles. The Morgan fingerprint density at radius 1 is 0.947 bits per heavy atom. The van der Waals surface area contributed by atoms with Crippen molar-refractivity contribution in [3.05, 3.63) is 30.6 Å². The Kier molecular flexibility index (Phi) is 6.09. The molecule has 0 radical (unpaired) electrons. The van der Waals surface area contributed by atoms with Crippen molar-refractivity contribution in [2.45, 2.75) is 82.0 Å². The Morgan fingerprint density at radius 2 is 1.68 bits per heavy atom. The highest BCUT2D eigenvalue weighted by Gasteiger charge is 2.49. The first-order valence-corrected chi connectivity index (χ1v) is 13.4. The van der Waals surface area contributed by atoms with Gasteiger partial charge in [-0.2, -0.15) is 0 Å². The number of aromatic hydroxyl groups is 1. The molecule has 200 valence electrons. The second-order valence-corrected chi connectivity index (χ2v) is 11.4. The number of aromatic nitrogens is 5. The molecule has 2 saturated heterocycles. The van der Waals surface area contributed by atoms with Crippen LogP contribution < -0.4 is 19.7 Å². The number of ether oxygens (including phenoxy) is 2. The second-order valence-electron chi connectivity index (χ2n) is 11.4. The predicted octanol–water partition coefficient (Wildman–Crippen LogP) is 4.14. The summed E-state index contributed by atoms with van der Waals surface area (Å²) in [6.07, 6.45) is 11.7. The fourth-order valence-corrected chi connectivity index (χ4v) is 6.53. The molecule has 3 atom stereocenters. The van der Waals surface area contributed by atoms with Crippen LogP contribution in [-0.2, 0) is 0 Å². The largest absolute Gasteiger partial charge is 0.507 e. The van der Waals surface area contributed by atoms with Crippen molar-refractivity contribution in [1.82, 2.24) is 30.5 Å². The van der Waals surface area contributed by atoms with Gasteiger partial charge in [-0.3, -0.25) is 0 Å². The Morgan fingerprint density at radius 3 is 2.29 bits per heavy atom. The number of methoxy groups -OCH3 is 2. The molecular formula is C28H35N7O3. The normalized spacial score (nSPS) is 26.6. The summed E-state index contributed by atoms with van der Waals surface area (Å²) in [5.74, 6) is 1.82. The summed E-state index contributed by atoms with van der Waals surface area (Å²) in [7, 11) is 3.01. The van der Waals surface area contributed by atoms with Crippen LogP contribution in [0.25, 0.3) is 22.6 Å². The lowest BCUT2D eigenvalue weighted by Gasteiger charge is -2.55. The van der Waals surface area contributed by atoms with Gasteiger partial charge in [-0.25, -0.2) is 15.0 Å². The predicted molar refractivity (Wildman–Crippen MR) is 143 cm³/mol. The number of phenolic OH excluding ortho intramolecular Hbond substituents is 1. The number of benzene rings is 1. The fraction of sp³-hybridized carbons (Fsp3) is 0.536. The highest BCUT2D eigenvalue weighted by Crippen LogP contribution is 2.45.